The van der Waals surface area contributed by atoms with Crippen molar-refractivity contribution in [1.82, 2.24) is 0 Å². The van der Waals surface area contributed by atoms with Crippen molar-refractivity contribution in [2.24, 2.45) is 5.92 Å². The Kier molecular flexibility index (Phi) is 5.99. The number of aliphatic carboxylic acids is 1. The lowest BCUT2D eigenvalue weighted by molar-refractivity contribution is -0.138. The van der Waals surface area contributed by atoms with E-state index >= 15 is 0 Å². The molecule has 1 saturated carbocycles. The Morgan fingerprint density at radius 1 is 1.18 bits per heavy atom. The molecule has 0 aliphatic heterocycles. The van der Waals surface area contributed by atoms with Crippen molar-refractivity contribution < 1.29 is 14.7 Å². The molecule has 1 aromatic rings. The van der Waals surface area contributed by atoms with Gasteiger partial charge in [0.05, 0.1) is 5.92 Å². The van der Waals surface area contributed by atoms with Crippen LogP contribution >= 0.6 is 0 Å². The van der Waals surface area contributed by atoms with Gasteiger partial charge in [0.15, 0.2) is 0 Å². The van der Waals surface area contributed by atoms with Crippen molar-refractivity contribution in [3.8, 4) is 0 Å². The Labute approximate surface area is 131 Å². The van der Waals surface area contributed by atoms with Crippen molar-refractivity contribution in [2.45, 2.75) is 57.8 Å². The maximum atomic E-state index is 12.0. The Hall–Kier alpha value is -1.84. The van der Waals surface area contributed by atoms with E-state index in [0.29, 0.717) is 12.3 Å². The van der Waals surface area contributed by atoms with E-state index in [0.717, 1.165) is 17.7 Å². The van der Waals surface area contributed by atoms with Gasteiger partial charge in [0, 0.05) is 12.1 Å². The van der Waals surface area contributed by atoms with Gasteiger partial charge in [-0.05, 0) is 37.0 Å². The molecule has 22 heavy (non-hydrogen) atoms. The molecule has 4 heteroatoms. The van der Waals surface area contributed by atoms with Gasteiger partial charge >= 0.3 is 5.97 Å². The average molecular weight is 303 g/mol. The summed E-state index contributed by atoms with van der Waals surface area (Å²) in [7, 11) is 0. The molecule has 1 amide bonds. The zero-order valence-electron chi connectivity index (χ0n) is 13.2. The Balaban J connectivity index is 1.79. The molecule has 2 N–H and O–H groups in total. The predicted molar refractivity (Wildman–Crippen MR) is 86.9 cm³/mol. The number of carbonyl (C=O) groups excluding carboxylic acids is 1. The van der Waals surface area contributed by atoms with Crippen LogP contribution in [0.25, 0.3) is 0 Å². The smallest absolute Gasteiger partial charge is 0.310 e. The molecule has 2 rings (SSSR count). The summed E-state index contributed by atoms with van der Waals surface area (Å²) in [6, 6.07) is 7.06. The van der Waals surface area contributed by atoms with Crippen LogP contribution in [-0.2, 0) is 9.59 Å². The van der Waals surface area contributed by atoms with E-state index in [2.05, 4.69) is 5.32 Å². The summed E-state index contributed by atoms with van der Waals surface area (Å²) in [5.74, 6) is -0.622. The number of amides is 1. The predicted octanol–water partition coefficient (Wildman–Crippen LogP) is 4.17. The maximum absolute atomic E-state index is 12.0. The van der Waals surface area contributed by atoms with Crippen LogP contribution in [0.3, 0.4) is 0 Å². The van der Waals surface area contributed by atoms with Crippen LogP contribution in [-0.4, -0.2) is 17.0 Å². The van der Waals surface area contributed by atoms with Gasteiger partial charge in [0.1, 0.15) is 0 Å². The fourth-order valence-electron chi connectivity index (χ4n) is 3.03. The number of benzene rings is 1. The lowest BCUT2D eigenvalue weighted by Gasteiger charge is -2.21. The fraction of sp³-hybridized carbons (Fsp3) is 0.556. The molecule has 1 unspecified atom stereocenters. The second-order valence-electron chi connectivity index (χ2n) is 6.27. The van der Waals surface area contributed by atoms with Crippen molar-refractivity contribution in [2.75, 3.05) is 5.32 Å². The minimum absolute atomic E-state index is 0.0459. The Morgan fingerprint density at radius 2 is 1.82 bits per heavy atom. The molecule has 0 heterocycles. The fourth-order valence-corrected chi connectivity index (χ4v) is 3.03. The number of carboxylic acid groups (broad SMARTS) is 1. The summed E-state index contributed by atoms with van der Waals surface area (Å²) < 4.78 is 0. The molecule has 0 spiro atoms. The molecule has 0 saturated heterocycles. The van der Waals surface area contributed by atoms with Crippen LogP contribution in [0, 0.1) is 5.92 Å². The number of anilines is 1. The van der Waals surface area contributed by atoms with E-state index in [9.17, 15) is 9.59 Å². The van der Waals surface area contributed by atoms with Gasteiger partial charge in [-0.3, -0.25) is 9.59 Å². The SMILES string of the molecule is CC(C(=O)O)c1ccc(NC(=O)CCC2CCCCC2)cc1. The minimum atomic E-state index is -0.843. The number of hydrogen-bond acceptors (Lipinski definition) is 2. The van der Waals surface area contributed by atoms with Crippen LogP contribution in [0.2, 0.25) is 0 Å². The van der Waals surface area contributed by atoms with Gasteiger partial charge in [-0.25, -0.2) is 0 Å². The Morgan fingerprint density at radius 3 is 2.41 bits per heavy atom. The van der Waals surface area contributed by atoms with Crippen LogP contribution in [0.15, 0.2) is 24.3 Å². The van der Waals surface area contributed by atoms with Crippen LogP contribution in [0.5, 0.6) is 0 Å². The van der Waals surface area contributed by atoms with Gasteiger partial charge in [0.2, 0.25) is 5.91 Å². The Bertz CT molecular complexity index is 504. The standard InChI is InChI=1S/C18H25NO3/c1-13(18(21)22)15-8-10-16(11-9-15)19-17(20)12-7-14-5-3-2-4-6-14/h8-11,13-14H,2-7,12H2,1H3,(H,19,20)(H,21,22). The van der Waals surface area contributed by atoms with E-state index in [1.54, 1.807) is 31.2 Å². The van der Waals surface area contributed by atoms with Crippen LogP contribution in [0.4, 0.5) is 5.69 Å². The molecule has 0 aromatic heterocycles. The maximum Gasteiger partial charge on any atom is 0.310 e. The van der Waals surface area contributed by atoms with Crippen molar-refractivity contribution in [3.63, 3.8) is 0 Å². The average Bonchev–Trinajstić information content (AvgIpc) is 2.54. The van der Waals surface area contributed by atoms with Crippen molar-refractivity contribution in [3.05, 3.63) is 29.8 Å². The van der Waals surface area contributed by atoms with E-state index < -0.39 is 11.9 Å². The zero-order valence-corrected chi connectivity index (χ0v) is 13.2. The van der Waals surface area contributed by atoms with Gasteiger partial charge in [-0.15, -0.1) is 0 Å². The van der Waals surface area contributed by atoms with Crippen LogP contribution in [0.1, 0.15) is 63.4 Å². The van der Waals surface area contributed by atoms with E-state index in [4.69, 9.17) is 5.11 Å². The van der Waals surface area contributed by atoms with E-state index in [-0.39, 0.29) is 5.91 Å². The highest BCUT2D eigenvalue weighted by Gasteiger charge is 2.15. The van der Waals surface area contributed by atoms with Crippen molar-refractivity contribution in [1.29, 1.82) is 0 Å². The molecule has 1 aromatic carbocycles. The topological polar surface area (TPSA) is 66.4 Å². The lowest BCUT2D eigenvalue weighted by Crippen LogP contribution is -2.15. The number of carboxylic acids is 1. The summed E-state index contributed by atoms with van der Waals surface area (Å²) in [4.78, 5) is 22.9. The quantitative estimate of drug-likeness (QED) is 0.828. The number of rotatable bonds is 6. The third kappa shape index (κ3) is 4.86. The highest BCUT2D eigenvalue weighted by molar-refractivity contribution is 5.90. The molecule has 1 aliphatic rings. The highest BCUT2D eigenvalue weighted by Crippen LogP contribution is 2.27. The van der Waals surface area contributed by atoms with Gasteiger partial charge in [-0.2, -0.15) is 0 Å². The molecule has 4 nitrogen and oxygen atoms in total. The zero-order chi connectivity index (χ0) is 15.9. The highest BCUT2D eigenvalue weighted by atomic mass is 16.4. The number of nitrogens with one attached hydrogen (secondary N) is 1. The first-order valence-corrected chi connectivity index (χ1v) is 8.19. The van der Waals surface area contributed by atoms with Gasteiger partial charge < -0.3 is 10.4 Å². The summed E-state index contributed by atoms with van der Waals surface area (Å²) in [6.07, 6.45) is 8.00. The molecule has 120 valence electrons. The van der Waals surface area contributed by atoms with Gasteiger partial charge in [0.25, 0.3) is 0 Å². The number of hydrogen-bond donors (Lipinski definition) is 2. The largest absolute Gasteiger partial charge is 0.481 e. The summed E-state index contributed by atoms with van der Waals surface area (Å²) in [5, 5.41) is 11.9. The molecule has 1 atom stereocenters. The number of carbonyl (C=O) groups is 2. The second-order valence-corrected chi connectivity index (χ2v) is 6.27. The van der Waals surface area contributed by atoms with E-state index in [1.807, 2.05) is 0 Å². The first kappa shape index (κ1) is 16.5. The summed E-state index contributed by atoms with van der Waals surface area (Å²) in [5.41, 5.74) is 1.47. The molecule has 0 radical (unpaired) electrons. The summed E-state index contributed by atoms with van der Waals surface area (Å²) >= 11 is 0. The first-order chi connectivity index (χ1) is 10.6. The summed E-state index contributed by atoms with van der Waals surface area (Å²) in [6.45, 7) is 1.65. The van der Waals surface area contributed by atoms with E-state index in [1.165, 1.54) is 32.1 Å². The van der Waals surface area contributed by atoms with Crippen molar-refractivity contribution >= 4 is 17.6 Å². The van der Waals surface area contributed by atoms with Gasteiger partial charge in [-0.1, -0.05) is 44.2 Å². The molecule has 0 bridgehead atoms. The molecule has 1 fully saturated rings. The second kappa shape index (κ2) is 7.97. The molecular weight excluding hydrogens is 278 g/mol. The monoisotopic (exact) mass is 303 g/mol. The molecular formula is C18H25NO3. The third-order valence-electron chi connectivity index (χ3n) is 4.57. The lowest BCUT2D eigenvalue weighted by atomic mass is 9.86. The third-order valence-corrected chi connectivity index (χ3v) is 4.57. The molecule has 1 aliphatic carbocycles. The first-order valence-electron chi connectivity index (χ1n) is 8.19. The van der Waals surface area contributed by atoms with Crippen LogP contribution < -0.4 is 5.32 Å². The normalized spacial score (nSPS) is 17.0. The minimum Gasteiger partial charge on any atom is -0.481 e.